The van der Waals surface area contributed by atoms with Crippen LogP contribution in [0.15, 0.2) is 60.2 Å². The fourth-order valence-corrected chi connectivity index (χ4v) is 3.87. The van der Waals surface area contributed by atoms with Crippen LogP contribution < -0.4 is 10.2 Å². The molecule has 2 heterocycles. The predicted octanol–water partition coefficient (Wildman–Crippen LogP) is 4.72. The van der Waals surface area contributed by atoms with Crippen molar-refractivity contribution in [3.8, 4) is 5.69 Å². The Balaban J connectivity index is 1.76. The molecule has 1 fully saturated rings. The summed E-state index contributed by atoms with van der Waals surface area (Å²) in [5, 5.41) is 2.61. The van der Waals surface area contributed by atoms with Crippen molar-refractivity contribution in [3.05, 3.63) is 87.7 Å². The molecule has 0 radical (unpaired) electrons. The van der Waals surface area contributed by atoms with Crippen molar-refractivity contribution in [2.75, 3.05) is 4.90 Å². The minimum Gasteiger partial charge on any atom is -0.318 e. The number of aromatic nitrogens is 1. The van der Waals surface area contributed by atoms with Gasteiger partial charge in [-0.15, -0.1) is 0 Å². The first-order valence-electron chi connectivity index (χ1n) is 9.69. The van der Waals surface area contributed by atoms with Gasteiger partial charge in [0.15, 0.2) is 0 Å². The second-order valence-electron chi connectivity index (χ2n) is 7.44. The van der Waals surface area contributed by atoms with Crippen LogP contribution in [-0.4, -0.2) is 22.4 Å². The van der Waals surface area contributed by atoms with Crippen LogP contribution in [0.5, 0.6) is 0 Å². The number of nitrogens with zero attached hydrogens (tertiary/aromatic N) is 2. The molecule has 4 rings (SSSR count). The van der Waals surface area contributed by atoms with Gasteiger partial charge < -0.3 is 4.57 Å². The molecule has 0 atom stereocenters. The smallest absolute Gasteiger partial charge is 0.318 e. The number of nitrogens with one attached hydrogen (secondary N) is 1. The Labute approximate surface area is 184 Å². The van der Waals surface area contributed by atoms with Crippen LogP contribution in [0.25, 0.3) is 11.8 Å². The number of hydrogen-bond donors (Lipinski definition) is 1. The first kappa shape index (κ1) is 20.6. The summed E-state index contributed by atoms with van der Waals surface area (Å²) in [6.07, 6.45) is 1.52. The Morgan fingerprint density at radius 3 is 2.29 bits per heavy atom. The van der Waals surface area contributed by atoms with E-state index >= 15 is 0 Å². The van der Waals surface area contributed by atoms with Gasteiger partial charge >= 0.3 is 6.03 Å². The van der Waals surface area contributed by atoms with Crippen molar-refractivity contribution in [1.82, 2.24) is 9.88 Å². The van der Waals surface area contributed by atoms with E-state index in [0.717, 1.165) is 33.1 Å². The molecule has 1 saturated heterocycles. The maximum absolute atomic E-state index is 13.1. The molecule has 1 aliphatic heterocycles. The number of urea groups is 1. The largest absolute Gasteiger partial charge is 0.335 e. The van der Waals surface area contributed by atoms with Crippen molar-refractivity contribution < 1.29 is 14.4 Å². The Hall–Kier alpha value is -3.64. The summed E-state index contributed by atoms with van der Waals surface area (Å²) in [4.78, 5) is 38.9. The van der Waals surface area contributed by atoms with Gasteiger partial charge in [-0.3, -0.25) is 14.9 Å². The van der Waals surface area contributed by atoms with Gasteiger partial charge in [0.1, 0.15) is 5.57 Å². The molecule has 6 nitrogen and oxygen atoms in total. The van der Waals surface area contributed by atoms with E-state index in [1.54, 1.807) is 18.2 Å². The SMILES string of the molecule is Cc1ccc(-n2c(C)cc(/C=C3\C(=O)NC(=O)N(c4cccc(Cl)c4)C3=O)c2C)cc1. The van der Waals surface area contributed by atoms with Gasteiger partial charge in [0.2, 0.25) is 0 Å². The zero-order valence-corrected chi connectivity index (χ0v) is 18.0. The van der Waals surface area contributed by atoms with Gasteiger partial charge in [-0.05, 0) is 68.8 Å². The zero-order valence-electron chi connectivity index (χ0n) is 17.3. The minimum absolute atomic E-state index is 0.122. The molecule has 1 aromatic heterocycles. The highest BCUT2D eigenvalue weighted by Crippen LogP contribution is 2.27. The molecular formula is C24H20ClN3O3. The number of anilines is 1. The molecule has 7 heteroatoms. The number of rotatable bonds is 3. The molecule has 0 unspecified atom stereocenters. The number of amides is 4. The summed E-state index contributed by atoms with van der Waals surface area (Å²) in [6.45, 7) is 5.90. The van der Waals surface area contributed by atoms with Crippen molar-refractivity contribution in [2.45, 2.75) is 20.8 Å². The van der Waals surface area contributed by atoms with Crippen molar-refractivity contribution >= 4 is 41.2 Å². The molecule has 156 valence electrons. The standard InChI is InChI=1S/C24H20ClN3O3/c1-14-7-9-19(10-8-14)27-15(2)11-17(16(27)3)12-21-22(29)26-24(31)28(23(21)30)20-6-4-5-18(25)13-20/h4-13H,1-3H3,(H,26,29,31)/b21-12+. The molecule has 0 saturated carbocycles. The minimum atomic E-state index is -0.806. The summed E-state index contributed by atoms with van der Waals surface area (Å²) in [6, 6.07) is 15.5. The van der Waals surface area contributed by atoms with Crippen LogP contribution >= 0.6 is 11.6 Å². The second kappa shape index (κ2) is 7.89. The molecule has 1 N–H and O–H groups in total. The van der Waals surface area contributed by atoms with Crippen molar-refractivity contribution in [1.29, 1.82) is 0 Å². The Kier molecular flexibility index (Phi) is 5.25. The summed E-state index contributed by atoms with van der Waals surface area (Å²) < 4.78 is 2.05. The van der Waals surface area contributed by atoms with Crippen LogP contribution in [0.2, 0.25) is 5.02 Å². The summed E-state index contributed by atoms with van der Waals surface area (Å²) >= 11 is 6.01. The van der Waals surface area contributed by atoms with Gasteiger partial charge in [-0.1, -0.05) is 35.4 Å². The molecule has 0 spiro atoms. The second-order valence-corrected chi connectivity index (χ2v) is 7.87. The lowest BCUT2D eigenvalue weighted by atomic mass is 10.1. The summed E-state index contributed by atoms with van der Waals surface area (Å²) in [5.41, 5.74) is 4.86. The molecule has 0 bridgehead atoms. The highest BCUT2D eigenvalue weighted by molar-refractivity contribution is 6.39. The average molecular weight is 434 g/mol. The predicted molar refractivity (Wildman–Crippen MR) is 120 cm³/mol. The number of imide groups is 2. The third-order valence-corrected chi connectivity index (χ3v) is 5.47. The Bertz CT molecular complexity index is 1260. The van der Waals surface area contributed by atoms with E-state index in [1.165, 1.54) is 12.1 Å². The third kappa shape index (κ3) is 3.78. The molecular weight excluding hydrogens is 414 g/mol. The average Bonchev–Trinajstić information content (AvgIpc) is 2.99. The molecule has 0 aliphatic carbocycles. The number of carbonyl (C=O) groups excluding carboxylic acids is 3. The summed E-state index contributed by atoms with van der Waals surface area (Å²) in [5.74, 6) is -1.43. The number of carbonyl (C=O) groups is 3. The van der Waals surface area contributed by atoms with E-state index in [2.05, 4.69) is 9.88 Å². The maximum Gasteiger partial charge on any atom is 0.335 e. The first-order chi connectivity index (χ1) is 14.8. The Morgan fingerprint density at radius 1 is 0.903 bits per heavy atom. The lowest BCUT2D eigenvalue weighted by molar-refractivity contribution is -0.122. The van der Waals surface area contributed by atoms with Gasteiger partial charge in [-0.25, -0.2) is 9.69 Å². The van der Waals surface area contributed by atoms with Crippen LogP contribution in [0.3, 0.4) is 0 Å². The molecule has 4 amide bonds. The van der Waals surface area contributed by atoms with Gasteiger partial charge in [0, 0.05) is 22.1 Å². The number of halogens is 1. The monoisotopic (exact) mass is 433 g/mol. The highest BCUT2D eigenvalue weighted by Gasteiger charge is 2.37. The van der Waals surface area contributed by atoms with Gasteiger partial charge in [-0.2, -0.15) is 0 Å². The van der Waals surface area contributed by atoms with Crippen LogP contribution in [0, 0.1) is 20.8 Å². The fraction of sp³-hybridized carbons (Fsp3) is 0.125. The third-order valence-electron chi connectivity index (χ3n) is 5.23. The summed E-state index contributed by atoms with van der Waals surface area (Å²) in [7, 11) is 0. The number of hydrogen-bond acceptors (Lipinski definition) is 3. The van der Waals surface area contributed by atoms with Gasteiger partial charge in [0.05, 0.1) is 5.69 Å². The topological polar surface area (TPSA) is 71.4 Å². The lowest BCUT2D eigenvalue weighted by Gasteiger charge is -2.26. The van der Waals surface area contributed by atoms with Crippen LogP contribution in [0.4, 0.5) is 10.5 Å². The Morgan fingerprint density at radius 2 is 1.61 bits per heavy atom. The van der Waals surface area contributed by atoms with Gasteiger partial charge in [0.25, 0.3) is 11.8 Å². The van der Waals surface area contributed by atoms with E-state index in [1.807, 2.05) is 51.1 Å². The van der Waals surface area contributed by atoms with E-state index in [4.69, 9.17) is 11.6 Å². The molecule has 31 heavy (non-hydrogen) atoms. The molecule has 1 aliphatic rings. The lowest BCUT2D eigenvalue weighted by Crippen LogP contribution is -2.54. The normalized spacial score (nSPS) is 15.5. The fourth-order valence-electron chi connectivity index (χ4n) is 3.69. The van der Waals surface area contributed by atoms with Crippen molar-refractivity contribution in [3.63, 3.8) is 0 Å². The molecule has 2 aromatic carbocycles. The van der Waals surface area contributed by atoms with Crippen LogP contribution in [0.1, 0.15) is 22.5 Å². The van der Waals surface area contributed by atoms with E-state index in [-0.39, 0.29) is 5.57 Å². The number of benzene rings is 2. The van der Waals surface area contributed by atoms with Crippen molar-refractivity contribution in [2.24, 2.45) is 0 Å². The van der Waals surface area contributed by atoms with E-state index in [9.17, 15) is 14.4 Å². The van der Waals surface area contributed by atoms with E-state index in [0.29, 0.717) is 10.7 Å². The quantitative estimate of drug-likeness (QED) is 0.479. The highest BCUT2D eigenvalue weighted by atomic mass is 35.5. The van der Waals surface area contributed by atoms with Crippen LogP contribution in [-0.2, 0) is 9.59 Å². The molecule has 3 aromatic rings. The number of aryl methyl sites for hydroxylation is 2. The zero-order chi connectivity index (χ0) is 22.3. The number of barbiturate groups is 1. The first-order valence-corrected chi connectivity index (χ1v) is 10.1. The maximum atomic E-state index is 13.1. The van der Waals surface area contributed by atoms with E-state index < -0.39 is 17.8 Å².